The molecule has 16 heavy (non-hydrogen) atoms. The van der Waals surface area contributed by atoms with Crippen LogP contribution in [0.3, 0.4) is 0 Å². The maximum Gasteiger partial charge on any atom is 0.240 e. The molecule has 3 fully saturated rings. The number of carbonyl (C=O) groups excluding carboxylic acids is 1. The molecular weight excluding hydrogens is 224 g/mol. The average Bonchev–Trinajstić information content (AvgIpc) is 2.96. The number of nitrogens with zero attached hydrogens (tertiary/aromatic N) is 1. The Kier molecular flexibility index (Phi) is 2.85. The molecule has 0 aromatic heterocycles. The van der Waals surface area contributed by atoms with Crippen LogP contribution >= 0.6 is 11.8 Å². The summed E-state index contributed by atoms with van der Waals surface area (Å²) >= 11 is 1.78. The van der Waals surface area contributed by atoms with E-state index in [0.29, 0.717) is 11.8 Å². The predicted molar refractivity (Wildman–Crippen MR) is 63.0 cm³/mol. The van der Waals surface area contributed by atoms with Crippen molar-refractivity contribution in [2.24, 2.45) is 11.8 Å². The van der Waals surface area contributed by atoms with Gasteiger partial charge in [-0.25, -0.2) is 0 Å². The Hall–Kier alpha value is -0.260. The molecule has 2 aliphatic heterocycles. The summed E-state index contributed by atoms with van der Waals surface area (Å²) < 4.78 is 0. The van der Waals surface area contributed by atoms with Gasteiger partial charge in [0.15, 0.2) is 0 Å². The van der Waals surface area contributed by atoms with Gasteiger partial charge in [0, 0.05) is 30.6 Å². The number of nitrogens with one attached hydrogen (secondary N) is 1. The Labute approximate surface area is 99.8 Å². The minimum Gasteiger partial charge on any atom is -0.393 e. The van der Waals surface area contributed by atoms with Gasteiger partial charge < -0.3 is 10.0 Å². The summed E-state index contributed by atoms with van der Waals surface area (Å²) in [7, 11) is 0. The van der Waals surface area contributed by atoms with E-state index < -0.39 is 0 Å². The van der Waals surface area contributed by atoms with Crippen molar-refractivity contribution in [3.63, 3.8) is 0 Å². The molecule has 0 spiro atoms. The van der Waals surface area contributed by atoms with Crippen molar-refractivity contribution in [2.45, 2.75) is 25.0 Å². The van der Waals surface area contributed by atoms with Crippen LogP contribution in [0.1, 0.15) is 12.8 Å². The molecule has 1 saturated carbocycles. The molecule has 1 aliphatic carbocycles. The number of hydrogen-bond acceptors (Lipinski definition) is 4. The van der Waals surface area contributed by atoms with E-state index in [1.165, 1.54) is 0 Å². The third kappa shape index (κ3) is 1.75. The molecule has 3 rings (SSSR count). The van der Waals surface area contributed by atoms with Gasteiger partial charge in [0.2, 0.25) is 5.91 Å². The fourth-order valence-corrected chi connectivity index (χ4v) is 4.12. The second kappa shape index (κ2) is 4.20. The molecule has 5 heteroatoms. The summed E-state index contributed by atoms with van der Waals surface area (Å²) in [6, 6.07) is 0.0148. The van der Waals surface area contributed by atoms with Crippen molar-refractivity contribution in [3.8, 4) is 0 Å². The van der Waals surface area contributed by atoms with E-state index in [4.69, 9.17) is 0 Å². The van der Waals surface area contributed by atoms with Crippen molar-refractivity contribution >= 4 is 17.7 Å². The molecule has 4 atom stereocenters. The van der Waals surface area contributed by atoms with Crippen LogP contribution in [0.25, 0.3) is 0 Å². The Balaban J connectivity index is 1.63. The van der Waals surface area contributed by atoms with Gasteiger partial charge in [0.05, 0.1) is 12.1 Å². The minimum atomic E-state index is -0.172. The summed E-state index contributed by atoms with van der Waals surface area (Å²) in [6.07, 6.45) is 1.84. The van der Waals surface area contributed by atoms with Gasteiger partial charge in [-0.3, -0.25) is 10.1 Å². The average molecular weight is 242 g/mol. The number of fused-ring (bicyclic) bond motifs is 1. The van der Waals surface area contributed by atoms with Gasteiger partial charge in [-0.15, -0.1) is 11.8 Å². The quantitative estimate of drug-likeness (QED) is 0.673. The van der Waals surface area contributed by atoms with Gasteiger partial charge in [-0.1, -0.05) is 0 Å². The molecule has 0 radical (unpaired) electrons. The number of thioether (sulfide) groups is 1. The molecular formula is C11H18N2O2S. The van der Waals surface area contributed by atoms with Gasteiger partial charge in [-0.05, 0) is 18.8 Å². The highest BCUT2D eigenvalue weighted by atomic mass is 32.2. The molecule has 4 unspecified atom stereocenters. The van der Waals surface area contributed by atoms with E-state index in [0.717, 1.165) is 37.6 Å². The first-order valence-electron chi connectivity index (χ1n) is 6.03. The number of rotatable bonds is 1. The zero-order valence-corrected chi connectivity index (χ0v) is 10.1. The van der Waals surface area contributed by atoms with Gasteiger partial charge in [0.25, 0.3) is 0 Å². The van der Waals surface area contributed by atoms with Crippen LogP contribution in [0, 0.1) is 11.8 Å². The van der Waals surface area contributed by atoms with Crippen LogP contribution in [0.15, 0.2) is 0 Å². The maximum absolute atomic E-state index is 12.2. The van der Waals surface area contributed by atoms with Crippen LogP contribution in [0.5, 0.6) is 0 Å². The lowest BCUT2D eigenvalue weighted by molar-refractivity contribution is -0.132. The van der Waals surface area contributed by atoms with Crippen molar-refractivity contribution in [1.82, 2.24) is 10.2 Å². The monoisotopic (exact) mass is 242 g/mol. The molecule has 2 N–H and O–H groups in total. The second-order valence-corrected chi connectivity index (χ2v) is 6.11. The van der Waals surface area contributed by atoms with E-state index in [1.54, 1.807) is 11.8 Å². The molecule has 0 aromatic carbocycles. The smallest absolute Gasteiger partial charge is 0.240 e. The number of hydrogen-bond donors (Lipinski definition) is 2. The van der Waals surface area contributed by atoms with Crippen molar-refractivity contribution in [1.29, 1.82) is 0 Å². The zero-order valence-electron chi connectivity index (χ0n) is 9.26. The summed E-state index contributed by atoms with van der Waals surface area (Å²) in [5.74, 6) is 2.92. The highest BCUT2D eigenvalue weighted by molar-refractivity contribution is 7.99. The lowest BCUT2D eigenvalue weighted by Crippen LogP contribution is -2.44. The van der Waals surface area contributed by atoms with E-state index in [9.17, 15) is 9.90 Å². The molecule has 0 bridgehead atoms. The lowest BCUT2D eigenvalue weighted by Gasteiger charge is -2.21. The number of aliphatic hydroxyl groups is 1. The van der Waals surface area contributed by atoms with Crippen LogP contribution in [0.2, 0.25) is 0 Å². The molecule has 2 saturated heterocycles. The lowest BCUT2D eigenvalue weighted by atomic mass is 10.00. The SMILES string of the molecule is O=C(C1CSCN1)N1CC2CCC(O)C2C1. The molecule has 4 nitrogen and oxygen atoms in total. The molecule has 1 amide bonds. The molecule has 90 valence electrons. The number of likely N-dealkylation sites (tertiary alicyclic amines) is 1. The fourth-order valence-electron chi connectivity index (χ4n) is 3.19. The topological polar surface area (TPSA) is 52.6 Å². The first kappa shape index (κ1) is 10.9. The largest absolute Gasteiger partial charge is 0.393 e. The van der Waals surface area contributed by atoms with Gasteiger partial charge in [-0.2, -0.15) is 0 Å². The third-order valence-electron chi connectivity index (χ3n) is 4.15. The van der Waals surface area contributed by atoms with Crippen molar-refractivity contribution in [2.75, 3.05) is 24.7 Å². The van der Waals surface area contributed by atoms with E-state index in [2.05, 4.69) is 5.32 Å². The van der Waals surface area contributed by atoms with E-state index in [-0.39, 0.29) is 18.1 Å². The van der Waals surface area contributed by atoms with Gasteiger partial charge in [0.1, 0.15) is 0 Å². The summed E-state index contributed by atoms with van der Waals surface area (Å²) in [6.45, 7) is 1.64. The highest BCUT2D eigenvalue weighted by Gasteiger charge is 2.44. The first-order chi connectivity index (χ1) is 7.75. The van der Waals surface area contributed by atoms with Crippen LogP contribution < -0.4 is 5.32 Å². The summed E-state index contributed by atoms with van der Waals surface area (Å²) in [5, 5.41) is 13.0. The van der Waals surface area contributed by atoms with Crippen LogP contribution in [0.4, 0.5) is 0 Å². The number of amides is 1. The molecule has 3 aliphatic rings. The Morgan fingerprint density at radius 3 is 2.94 bits per heavy atom. The Morgan fingerprint density at radius 2 is 2.25 bits per heavy atom. The number of carbonyl (C=O) groups is 1. The maximum atomic E-state index is 12.2. The van der Waals surface area contributed by atoms with E-state index >= 15 is 0 Å². The Morgan fingerprint density at radius 1 is 1.38 bits per heavy atom. The van der Waals surface area contributed by atoms with Crippen molar-refractivity contribution < 1.29 is 9.90 Å². The standard InChI is InChI=1S/C11H18N2O2S/c14-10-2-1-7-3-13(4-8(7)10)11(15)9-5-16-6-12-9/h7-10,12,14H,1-6H2. The first-order valence-corrected chi connectivity index (χ1v) is 7.19. The highest BCUT2D eigenvalue weighted by Crippen LogP contribution is 2.38. The van der Waals surface area contributed by atoms with E-state index in [1.807, 2.05) is 4.90 Å². The number of aliphatic hydroxyl groups excluding tert-OH is 1. The summed E-state index contributed by atoms with van der Waals surface area (Å²) in [5.41, 5.74) is 0. The predicted octanol–water partition coefficient (Wildman–Crippen LogP) is -0.122. The molecule has 0 aromatic rings. The van der Waals surface area contributed by atoms with Gasteiger partial charge >= 0.3 is 0 Å². The summed E-state index contributed by atoms with van der Waals surface area (Å²) in [4.78, 5) is 14.1. The van der Waals surface area contributed by atoms with Crippen LogP contribution in [-0.2, 0) is 4.79 Å². The zero-order chi connectivity index (χ0) is 11.1. The fraction of sp³-hybridized carbons (Fsp3) is 0.909. The van der Waals surface area contributed by atoms with Crippen molar-refractivity contribution in [3.05, 3.63) is 0 Å². The second-order valence-electron chi connectivity index (χ2n) is 5.08. The molecule has 2 heterocycles. The normalized spacial score (nSPS) is 42.7. The van der Waals surface area contributed by atoms with Crippen LogP contribution in [-0.4, -0.2) is 52.8 Å². The Bertz CT molecular complexity index is 294. The minimum absolute atomic E-state index is 0.0148. The third-order valence-corrected chi connectivity index (χ3v) is 5.08.